The highest BCUT2D eigenvalue weighted by atomic mass is 35.5. The van der Waals surface area contributed by atoms with Crippen LogP contribution >= 0.6 is 34.8 Å². The standard InChI is InChI=1S/C15H9Cl3N2/c1-8-6-9(2-5-12(8)17)15-19-13-7-10(16)3-4-11(13)14(18)20-15/h2-7H,1H3. The molecule has 1 aromatic heterocycles. The lowest BCUT2D eigenvalue weighted by Crippen LogP contribution is -1.92. The Labute approximate surface area is 131 Å². The molecule has 2 nitrogen and oxygen atoms in total. The maximum atomic E-state index is 6.22. The second kappa shape index (κ2) is 5.21. The largest absolute Gasteiger partial charge is 0.228 e. The zero-order valence-electron chi connectivity index (χ0n) is 10.5. The number of hydrogen-bond donors (Lipinski definition) is 0. The Kier molecular flexibility index (Phi) is 3.55. The van der Waals surface area contributed by atoms with Gasteiger partial charge in [-0.3, -0.25) is 0 Å². The van der Waals surface area contributed by atoms with Gasteiger partial charge in [0, 0.05) is 21.0 Å². The zero-order valence-corrected chi connectivity index (χ0v) is 12.8. The summed E-state index contributed by atoms with van der Waals surface area (Å²) in [5.41, 5.74) is 2.56. The Hall–Kier alpha value is -1.35. The molecule has 3 rings (SSSR count). The number of fused-ring (bicyclic) bond motifs is 1. The van der Waals surface area contributed by atoms with Crippen LogP contribution in [0.2, 0.25) is 15.2 Å². The highest BCUT2D eigenvalue weighted by Crippen LogP contribution is 2.28. The Morgan fingerprint density at radius 2 is 1.70 bits per heavy atom. The molecule has 3 aromatic rings. The Balaban J connectivity index is 2.23. The van der Waals surface area contributed by atoms with Gasteiger partial charge in [0.15, 0.2) is 5.82 Å². The number of aromatic nitrogens is 2. The summed E-state index contributed by atoms with van der Waals surface area (Å²) in [5, 5.41) is 2.52. The third-order valence-corrected chi connectivity index (χ3v) is 3.98. The summed E-state index contributed by atoms with van der Waals surface area (Å²) in [6, 6.07) is 11.0. The van der Waals surface area contributed by atoms with Gasteiger partial charge in [0.2, 0.25) is 0 Å². The van der Waals surface area contributed by atoms with Crippen molar-refractivity contribution in [3.63, 3.8) is 0 Å². The highest BCUT2D eigenvalue weighted by molar-refractivity contribution is 6.35. The van der Waals surface area contributed by atoms with Gasteiger partial charge >= 0.3 is 0 Å². The van der Waals surface area contributed by atoms with Gasteiger partial charge in [-0.05, 0) is 48.9 Å². The summed E-state index contributed by atoms with van der Waals surface area (Å²) in [4.78, 5) is 8.85. The number of benzene rings is 2. The smallest absolute Gasteiger partial charge is 0.161 e. The van der Waals surface area contributed by atoms with E-state index in [2.05, 4.69) is 9.97 Å². The SMILES string of the molecule is Cc1cc(-c2nc(Cl)c3ccc(Cl)cc3n2)ccc1Cl. The molecule has 0 atom stereocenters. The summed E-state index contributed by atoms with van der Waals surface area (Å²) < 4.78 is 0. The molecular weight excluding hydrogens is 315 g/mol. The van der Waals surface area contributed by atoms with Crippen LogP contribution in [0.4, 0.5) is 0 Å². The molecule has 0 unspecified atom stereocenters. The van der Waals surface area contributed by atoms with Gasteiger partial charge in [0.25, 0.3) is 0 Å². The van der Waals surface area contributed by atoms with E-state index in [1.807, 2.05) is 31.2 Å². The van der Waals surface area contributed by atoms with E-state index < -0.39 is 0 Å². The van der Waals surface area contributed by atoms with E-state index in [4.69, 9.17) is 34.8 Å². The average molecular weight is 324 g/mol. The first-order chi connectivity index (χ1) is 9.54. The van der Waals surface area contributed by atoms with Crippen LogP contribution in [0.3, 0.4) is 0 Å². The van der Waals surface area contributed by atoms with E-state index in [1.54, 1.807) is 12.1 Å². The average Bonchev–Trinajstić information content (AvgIpc) is 2.41. The number of hydrogen-bond acceptors (Lipinski definition) is 2. The third kappa shape index (κ3) is 2.47. The van der Waals surface area contributed by atoms with Crippen molar-refractivity contribution < 1.29 is 0 Å². The molecular formula is C15H9Cl3N2. The predicted molar refractivity (Wildman–Crippen MR) is 84.7 cm³/mol. The molecule has 0 fully saturated rings. The number of nitrogens with zero attached hydrogens (tertiary/aromatic N) is 2. The number of rotatable bonds is 1. The first kappa shape index (κ1) is 13.6. The lowest BCUT2D eigenvalue weighted by atomic mass is 10.1. The summed E-state index contributed by atoms with van der Waals surface area (Å²) in [5.74, 6) is 0.560. The molecule has 0 aliphatic carbocycles. The fraction of sp³-hybridized carbons (Fsp3) is 0.0667. The van der Waals surface area contributed by atoms with Crippen molar-refractivity contribution in [2.45, 2.75) is 6.92 Å². The molecule has 0 aliphatic rings. The van der Waals surface area contributed by atoms with E-state index in [1.165, 1.54) is 0 Å². The van der Waals surface area contributed by atoms with Crippen LogP contribution in [0.1, 0.15) is 5.56 Å². The minimum atomic E-state index is 0.411. The van der Waals surface area contributed by atoms with Crippen molar-refractivity contribution in [2.24, 2.45) is 0 Å². The molecule has 100 valence electrons. The van der Waals surface area contributed by atoms with Gasteiger partial charge in [-0.15, -0.1) is 0 Å². The highest BCUT2D eigenvalue weighted by Gasteiger charge is 2.09. The fourth-order valence-electron chi connectivity index (χ4n) is 1.98. The summed E-state index contributed by atoms with van der Waals surface area (Å²) >= 11 is 18.2. The Morgan fingerprint density at radius 3 is 2.45 bits per heavy atom. The van der Waals surface area contributed by atoms with Crippen molar-refractivity contribution in [1.29, 1.82) is 0 Å². The van der Waals surface area contributed by atoms with E-state index in [0.29, 0.717) is 21.0 Å². The van der Waals surface area contributed by atoms with Gasteiger partial charge in [0.05, 0.1) is 5.52 Å². The molecule has 0 saturated heterocycles. The summed E-state index contributed by atoms with van der Waals surface area (Å²) in [6.07, 6.45) is 0. The minimum Gasteiger partial charge on any atom is -0.228 e. The molecule has 0 spiro atoms. The van der Waals surface area contributed by atoms with Crippen molar-refractivity contribution in [3.05, 3.63) is 57.2 Å². The molecule has 0 N–H and O–H groups in total. The molecule has 0 radical (unpaired) electrons. The van der Waals surface area contributed by atoms with Crippen LogP contribution in [0, 0.1) is 6.92 Å². The molecule has 0 saturated carbocycles. The fourth-order valence-corrected chi connectivity index (χ4v) is 2.50. The maximum absolute atomic E-state index is 6.22. The van der Waals surface area contributed by atoms with Gasteiger partial charge in [0.1, 0.15) is 5.15 Å². The van der Waals surface area contributed by atoms with Crippen molar-refractivity contribution in [1.82, 2.24) is 9.97 Å². The van der Waals surface area contributed by atoms with E-state index in [0.717, 1.165) is 22.0 Å². The van der Waals surface area contributed by atoms with E-state index in [-0.39, 0.29) is 0 Å². The lowest BCUT2D eigenvalue weighted by molar-refractivity contribution is 1.22. The molecule has 5 heteroatoms. The van der Waals surface area contributed by atoms with Crippen molar-refractivity contribution >= 4 is 45.7 Å². The van der Waals surface area contributed by atoms with Crippen LogP contribution in [-0.2, 0) is 0 Å². The van der Waals surface area contributed by atoms with Crippen molar-refractivity contribution in [2.75, 3.05) is 0 Å². The topological polar surface area (TPSA) is 25.8 Å². The van der Waals surface area contributed by atoms with Crippen LogP contribution in [0.25, 0.3) is 22.3 Å². The van der Waals surface area contributed by atoms with Crippen LogP contribution < -0.4 is 0 Å². The zero-order chi connectivity index (χ0) is 14.3. The number of aryl methyl sites for hydroxylation is 1. The van der Waals surface area contributed by atoms with Crippen molar-refractivity contribution in [3.8, 4) is 11.4 Å². The molecule has 0 amide bonds. The maximum Gasteiger partial charge on any atom is 0.161 e. The van der Waals surface area contributed by atoms with Crippen LogP contribution in [-0.4, -0.2) is 9.97 Å². The van der Waals surface area contributed by atoms with E-state index >= 15 is 0 Å². The lowest BCUT2D eigenvalue weighted by Gasteiger charge is -2.06. The monoisotopic (exact) mass is 322 g/mol. The van der Waals surface area contributed by atoms with Gasteiger partial charge in [-0.2, -0.15) is 0 Å². The Morgan fingerprint density at radius 1 is 0.900 bits per heavy atom. The second-order valence-corrected chi connectivity index (χ2v) is 5.67. The second-order valence-electron chi connectivity index (χ2n) is 4.46. The van der Waals surface area contributed by atoms with Gasteiger partial charge in [-0.1, -0.05) is 34.8 Å². The summed E-state index contributed by atoms with van der Waals surface area (Å²) in [6.45, 7) is 1.94. The van der Waals surface area contributed by atoms with Crippen LogP contribution in [0.5, 0.6) is 0 Å². The minimum absolute atomic E-state index is 0.411. The molecule has 1 heterocycles. The van der Waals surface area contributed by atoms with Crippen LogP contribution in [0.15, 0.2) is 36.4 Å². The summed E-state index contributed by atoms with van der Waals surface area (Å²) in [7, 11) is 0. The molecule has 0 bridgehead atoms. The predicted octanol–water partition coefficient (Wildman–Crippen LogP) is 5.57. The molecule has 2 aromatic carbocycles. The molecule has 20 heavy (non-hydrogen) atoms. The number of halogens is 3. The normalized spacial score (nSPS) is 11.0. The third-order valence-electron chi connectivity index (χ3n) is 3.03. The molecule has 0 aliphatic heterocycles. The van der Waals surface area contributed by atoms with Gasteiger partial charge < -0.3 is 0 Å². The Bertz CT molecular complexity index is 816. The first-order valence-electron chi connectivity index (χ1n) is 5.94. The quantitative estimate of drug-likeness (QED) is 0.547. The first-order valence-corrected chi connectivity index (χ1v) is 7.07. The van der Waals surface area contributed by atoms with Gasteiger partial charge in [-0.25, -0.2) is 9.97 Å². The van der Waals surface area contributed by atoms with E-state index in [9.17, 15) is 0 Å².